The third-order valence-electron chi connectivity index (χ3n) is 2.28. The van der Waals surface area contributed by atoms with Gasteiger partial charge in [-0.05, 0) is 22.0 Å². The van der Waals surface area contributed by atoms with Crippen LogP contribution >= 0.6 is 15.9 Å². The van der Waals surface area contributed by atoms with E-state index in [1.165, 1.54) is 6.07 Å². The summed E-state index contributed by atoms with van der Waals surface area (Å²) in [6, 6.07) is 8.03. The van der Waals surface area contributed by atoms with Crippen molar-refractivity contribution in [3.63, 3.8) is 0 Å². The standard InChI is InChI=1S/C10H8BrNO3S/c11-8-5-9(16(13,14)15)6-3-1-2-4-7(6)10(8)12/h1-5H,12H2,(H,13,14,15). The number of fused-ring (bicyclic) bond motifs is 1. The number of hydrogen-bond acceptors (Lipinski definition) is 3. The van der Waals surface area contributed by atoms with E-state index in [0.717, 1.165) is 0 Å². The van der Waals surface area contributed by atoms with E-state index in [2.05, 4.69) is 15.9 Å². The number of anilines is 1. The highest BCUT2D eigenvalue weighted by Gasteiger charge is 2.17. The number of halogens is 1. The molecule has 0 aliphatic rings. The van der Waals surface area contributed by atoms with Gasteiger partial charge in [-0.25, -0.2) is 0 Å². The van der Waals surface area contributed by atoms with Crippen LogP contribution in [-0.4, -0.2) is 13.0 Å². The zero-order chi connectivity index (χ0) is 11.9. The predicted octanol–water partition coefficient (Wildman–Crippen LogP) is 2.43. The minimum absolute atomic E-state index is 0.149. The molecule has 0 aliphatic carbocycles. The summed E-state index contributed by atoms with van der Waals surface area (Å²) in [5, 5.41) is 0.996. The Hall–Kier alpha value is -1.11. The fourth-order valence-electron chi connectivity index (χ4n) is 1.55. The monoisotopic (exact) mass is 301 g/mol. The molecule has 0 fully saturated rings. The predicted molar refractivity (Wildman–Crippen MR) is 65.9 cm³/mol. The van der Waals surface area contributed by atoms with Crippen LogP contribution < -0.4 is 5.73 Å². The largest absolute Gasteiger partial charge is 0.397 e. The molecule has 6 heteroatoms. The topological polar surface area (TPSA) is 80.4 Å². The second-order valence-corrected chi connectivity index (χ2v) is 5.54. The number of hydrogen-bond donors (Lipinski definition) is 2. The molecule has 0 aromatic heterocycles. The Labute approximate surface area is 101 Å². The third-order valence-corrected chi connectivity index (χ3v) is 3.83. The van der Waals surface area contributed by atoms with Gasteiger partial charge in [0.05, 0.1) is 5.69 Å². The third kappa shape index (κ3) is 1.79. The molecule has 0 atom stereocenters. The molecular formula is C10H8BrNO3S. The molecule has 4 nitrogen and oxygen atoms in total. The number of benzene rings is 2. The molecule has 2 aromatic rings. The van der Waals surface area contributed by atoms with Crippen molar-refractivity contribution in [3.05, 3.63) is 34.8 Å². The highest BCUT2D eigenvalue weighted by atomic mass is 79.9. The first-order chi connectivity index (χ1) is 7.41. The van der Waals surface area contributed by atoms with E-state index in [-0.39, 0.29) is 4.90 Å². The van der Waals surface area contributed by atoms with Gasteiger partial charge in [0.1, 0.15) is 4.90 Å². The first kappa shape index (κ1) is 11.4. The Morgan fingerprint density at radius 2 is 1.75 bits per heavy atom. The molecule has 84 valence electrons. The van der Waals surface area contributed by atoms with Crippen LogP contribution in [0.15, 0.2) is 39.7 Å². The molecule has 0 bridgehead atoms. The summed E-state index contributed by atoms with van der Waals surface area (Å²) in [5.74, 6) is 0. The highest BCUT2D eigenvalue weighted by molar-refractivity contribution is 9.10. The van der Waals surface area contributed by atoms with Crippen LogP contribution in [-0.2, 0) is 10.1 Å². The SMILES string of the molecule is Nc1c(Br)cc(S(=O)(=O)O)c2ccccc12. The first-order valence-corrected chi connectivity index (χ1v) is 6.59. The average molecular weight is 302 g/mol. The quantitative estimate of drug-likeness (QED) is 0.626. The molecule has 0 saturated heterocycles. The van der Waals surface area contributed by atoms with Crippen LogP contribution in [0.5, 0.6) is 0 Å². The average Bonchev–Trinajstić information content (AvgIpc) is 2.22. The molecule has 2 aromatic carbocycles. The highest BCUT2D eigenvalue weighted by Crippen LogP contribution is 2.33. The maximum absolute atomic E-state index is 11.2. The minimum atomic E-state index is -4.25. The summed E-state index contributed by atoms with van der Waals surface area (Å²) < 4.78 is 32.0. The molecule has 2 rings (SSSR count). The van der Waals surface area contributed by atoms with Gasteiger partial charge in [0.15, 0.2) is 0 Å². The second kappa shape index (κ2) is 3.73. The summed E-state index contributed by atoms with van der Waals surface area (Å²) in [5.41, 5.74) is 6.25. The molecule has 0 amide bonds. The molecular weight excluding hydrogens is 294 g/mol. The summed E-state index contributed by atoms with van der Waals surface area (Å²) >= 11 is 3.16. The maximum atomic E-state index is 11.2. The molecule has 0 spiro atoms. The van der Waals surface area contributed by atoms with Crippen molar-refractivity contribution in [2.45, 2.75) is 4.90 Å². The number of nitrogens with two attached hydrogens (primary N) is 1. The lowest BCUT2D eigenvalue weighted by molar-refractivity contribution is 0.484. The molecule has 3 N–H and O–H groups in total. The molecule has 0 heterocycles. The normalized spacial score (nSPS) is 11.9. The van der Waals surface area contributed by atoms with Crippen LogP contribution in [0.3, 0.4) is 0 Å². The Morgan fingerprint density at radius 1 is 1.19 bits per heavy atom. The molecule has 0 unspecified atom stereocenters. The summed E-state index contributed by atoms with van der Waals surface area (Å²) in [4.78, 5) is -0.149. The summed E-state index contributed by atoms with van der Waals surface area (Å²) in [6.45, 7) is 0. The summed E-state index contributed by atoms with van der Waals surface area (Å²) in [6.07, 6.45) is 0. The van der Waals surface area contributed by atoms with Gasteiger partial charge in [0.2, 0.25) is 0 Å². The lowest BCUT2D eigenvalue weighted by Crippen LogP contribution is -2.01. The second-order valence-electron chi connectivity index (χ2n) is 3.29. The van der Waals surface area contributed by atoms with Crippen LogP contribution in [0.25, 0.3) is 10.8 Å². The lowest BCUT2D eigenvalue weighted by Gasteiger charge is -2.08. The van der Waals surface area contributed by atoms with Crippen LogP contribution in [0.1, 0.15) is 0 Å². The lowest BCUT2D eigenvalue weighted by atomic mass is 10.1. The van der Waals surface area contributed by atoms with E-state index in [9.17, 15) is 8.42 Å². The van der Waals surface area contributed by atoms with Gasteiger partial charge in [-0.3, -0.25) is 4.55 Å². The molecule has 0 radical (unpaired) electrons. The van der Waals surface area contributed by atoms with Gasteiger partial charge >= 0.3 is 0 Å². The van der Waals surface area contributed by atoms with Gasteiger partial charge in [0, 0.05) is 15.2 Å². The van der Waals surface area contributed by atoms with Crippen molar-refractivity contribution in [2.75, 3.05) is 5.73 Å². The van der Waals surface area contributed by atoms with E-state index in [0.29, 0.717) is 20.9 Å². The van der Waals surface area contributed by atoms with Gasteiger partial charge in [0.25, 0.3) is 10.1 Å². The summed E-state index contributed by atoms with van der Waals surface area (Å²) in [7, 11) is -4.25. The Kier molecular flexibility index (Phi) is 2.65. The Bertz CT molecular complexity index is 667. The van der Waals surface area contributed by atoms with E-state index in [1.54, 1.807) is 24.3 Å². The van der Waals surface area contributed by atoms with Crippen LogP contribution in [0.4, 0.5) is 5.69 Å². The number of nitrogen functional groups attached to an aromatic ring is 1. The van der Waals surface area contributed by atoms with E-state index in [4.69, 9.17) is 10.3 Å². The van der Waals surface area contributed by atoms with Gasteiger partial charge in [-0.15, -0.1) is 0 Å². The fourth-order valence-corrected chi connectivity index (χ4v) is 2.86. The minimum Gasteiger partial charge on any atom is -0.397 e. The van der Waals surface area contributed by atoms with Crippen LogP contribution in [0, 0.1) is 0 Å². The molecule has 0 aliphatic heterocycles. The van der Waals surface area contributed by atoms with E-state index < -0.39 is 10.1 Å². The number of rotatable bonds is 1. The van der Waals surface area contributed by atoms with Crippen molar-refractivity contribution in [1.29, 1.82) is 0 Å². The van der Waals surface area contributed by atoms with Gasteiger partial charge in [-0.2, -0.15) is 8.42 Å². The van der Waals surface area contributed by atoms with Crippen molar-refractivity contribution >= 4 is 42.5 Å². The van der Waals surface area contributed by atoms with Gasteiger partial charge in [-0.1, -0.05) is 24.3 Å². The van der Waals surface area contributed by atoms with Crippen LogP contribution in [0.2, 0.25) is 0 Å². The van der Waals surface area contributed by atoms with Crippen molar-refractivity contribution in [2.24, 2.45) is 0 Å². The van der Waals surface area contributed by atoms with Crippen molar-refractivity contribution in [3.8, 4) is 0 Å². The Balaban J connectivity index is 3.02. The smallest absolute Gasteiger partial charge is 0.295 e. The molecule has 16 heavy (non-hydrogen) atoms. The van der Waals surface area contributed by atoms with E-state index in [1.807, 2.05) is 0 Å². The van der Waals surface area contributed by atoms with Gasteiger partial charge < -0.3 is 5.73 Å². The first-order valence-electron chi connectivity index (χ1n) is 4.35. The van der Waals surface area contributed by atoms with E-state index >= 15 is 0 Å². The zero-order valence-electron chi connectivity index (χ0n) is 8.01. The molecule has 0 saturated carbocycles. The fraction of sp³-hybridized carbons (Fsp3) is 0. The Morgan fingerprint density at radius 3 is 2.31 bits per heavy atom. The van der Waals surface area contributed by atoms with Crippen molar-refractivity contribution < 1.29 is 13.0 Å². The van der Waals surface area contributed by atoms with Crippen molar-refractivity contribution in [1.82, 2.24) is 0 Å². The maximum Gasteiger partial charge on any atom is 0.295 e. The zero-order valence-corrected chi connectivity index (χ0v) is 10.4.